The van der Waals surface area contributed by atoms with Gasteiger partial charge in [-0.1, -0.05) is 25.7 Å². The highest BCUT2D eigenvalue weighted by Crippen LogP contribution is 2.62. The van der Waals surface area contributed by atoms with Gasteiger partial charge in [0.1, 0.15) is 10.5 Å². The Hall–Kier alpha value is -0.920. The van der Waals surface area contributed by atoms with E-state index in [-0.39, 0.29) is 16.2 Å². The molecule has 0 aromatic carbocycles. The van der Waals surface area contributed by atoms with Crippen LogP contribution in [0.2, 0.25) is 0 Å². The number of thiophene rings is 1. The van der Waals surface area contributed by atoms with E-state index in [1.807, 2.05) is 6.07 Å². The summed E-state index contributed by atoms with van der Waals surface area (Å²) in [6.07, 6.45) is 7.34. The second-order valence-electron chi connectivity index (χ2n) is 6.95. The van der Waals surface area contributed by atoms with Gasteiger partial charge in [0.05, 0.1) is 6.61 Å². The Bertz CT molecular complexity index is 690. The highest BCUT2D eigenvalue weighted by atomic mass is 32.2. The summed E-state index contributed by atoms with van der Waals surface area (Å²) < 4.78 is 28.4. The van der Waals surface area contributed by atoms with Crippen molar-refractivity contribution >= 4 is 27.7 Å². The fraction of sp³-hybridized carbons (Fsp3) is 0.688. The summed E-state index contributed by atoms with van der Waals surface area (Å²) >= 11 is 1.27. The Morgan fingerprint density at radius 1 is 1.39 bits per heavy atom. The van der Waals surface area contributed by atoms with E-state index in [1.54, 1.807) is 25.1 Å². The lowest BCUT2D eigenvalue weighted by atomic mass is 9.93. The third-order valence-electron chi connectivity index (χ3n) is 5.13. The van der Waals surface area contributed by atoms with Gasteiger partial charge in [-0.3, -0.25) is 0 Å². The minimum absolute atomic E-state index is 0.106. The third-order valence-corrected chi connectivity index (χ3v) is 8.13. The van der Waals surface area contributed by atoms with E-state index in [0.29, 0.717) is 11.8 Å². The monoisotopic (exact) mass is 356 g/mol. The van der Waals surface area contributed by atoms with Crippen LogP contribution in [0.15, 0.2) is 20.7 Å². The first-order valence-corrected chi connectivity index (χ1v) is 10.3. The minimum Gasteiger partial charge on any atom is -0.395 e. The quantitative estimate of drug-likeness (QED) is 0.628. The van der Waals surface area contributed by atoms with Crippen molar-refractivity contribution in [3.8, 4) is 0 Å². The number of aliphatic hydroxyl groups is 1. The van der Waals surface area contributed by atoms with Crippen LogP contribution in [0.3, 0.4) is 0 Å². The molecular weight excluding hydrogens is 332 g/mol. The Morgan fingerprint density at radius 3 is 2.70 bits per heavy atom. The SMILES string of the molecule is CN(C)/C=N\S(=O)(=O)c1ccc(C2(CO)CC2C2CCCC2)s1. The molecule has 1 heterocycles. The number of nitrogens with zero attached hydrogens (tertiary/aromatic N) is 2. The van der Waals surface area contributed by atoms with Crippen molar-refractivity contribution in [2.24, 2.45) is 16.2 Å². The summed E-state index contributed by atoms with van der Waals surface area (Å²) in [5, 5.41) is 9.95. The van der Waals surface area contributed by atoms with Crippen molar-refractivity contribution in [2.45, 2.75) is 41.7 Å². The largest absolute Gasteiger partial charge is 0.395 e. The van der Waals surface area contributed by atoms with Gasteiger partial charge in [0.25, 0.3) is 10.0 Å². The van der Waals surface area contributed by atoms with Crippen molar-refractivity contribution in [3.05, 3.63) is 17.0 Å². The zero-order valence-electron chi connectivity index (χ0n) is 13.6. The molecule has 1 aromatic rings. The molecule has 2 aliphatic carbocycles. The number of hydrogen-bond acceptors (Lipinski definition) is 4. The normalized spacial score (nSPS) is 28.6. The summed E-state index contributed by atoms with van der Waals surface area (Å²) in [5.74, 6) is 1.20. The fourth-order valence-corrected chi connectivity index (χ4v) is 6.26. The molecule has 3 rings (SSSR count). The van der Waals surface area contributed by atoms with Crippen LogP contribution in [0.5, 0.6) is 0 Å². The molecule has 2 atom stereocenters. The van der Waals surface area contributed by atoms with Crippen molar-refractivity contribution in [2.75, 3.05) is 20.7 Å². The van der Waals surface area contributed by atoms with E-state index in [1.165, 1.54) is 43.4 Å². The maximum absolute atomic E-state index is 12.2. The molecule has 0 amide bonds. The molecule has 0 spiro atoms. The highest BCUT2D eigenvalue weighted by molar-refractivity contribution is 7.92. The summed E-state index contributed by atoms with van der Waals surface area (Å²) in [5.41, 5.74) is -0.210. The molecule has 2 fully saturated rings. The van der Waals surface area contributed by atoms with Crippen molar-refractivity contribution < 1.29 is 13.5 Å². The third kappa shape index (κ3) is 3.19. The van der Waals surface area contributed by atoms with E-state index < -0.39 is 10.0 Å². The molecule has 1 aromatic heterocycles. The summed E-state index contributed by atoms with van der Waals surface area (Å²) in [4.78, 5) is 2.59. The molecular formula is C16H24N2O3S2. The standard InChI is InChI=1S/C16H24N2O3S2/c1-18(2)11-17-23(20,21)15-8-7-14(22-15)16(10-19)9-13(16)12-5-3-4-6-12/h7-8,11-13,19H,3-6,9-10H2,1-2H3/b17-11-. The predicted octanol–water partition coefficient (Wildman–Crippen LogP) is 2.47. The zero-order chi connectivity index (χ0) is 16.7. The molecule has 0 bridgehead atoms. The Kier molecular flexibility index (Phi) is 4.55. The van der Waals surface area contributed by atoms with Gasteiger partial charge in [0.2, 0.25) is 0 Å². The first-order chi connectivity index (χ1) is 10.9. The van der Waals surface area contributed by atoms with Crippen LogP contribution in [0.25, 0.3) is 0 Å². The van der Waals surface area contributed by atoms with Crippen LogP contribution in [0.1, 0.15) is 37.0 Å². The second-order valence-corrected chi connectivity index (χ2v) is 9.89. The number of rotatable bonds is 6. The molecule has 0 aliphatic heterocycles. The van der Waals surface area contributed by atoms with Crippen molar-refractivity contribution in [3.63, 3.8) is 0 Å². The van der Waals surface area contributed by atoms with E-state index in [4.69, 9.17) is 0 Å². The number of hydrogen-bond donors (Lipinski definition) is 1. The zero-order valence-corrected chi connectivity index (χ0v) is 15.2. The molecule has 2 saturated carbocycles. The lowest BCUT2D eigenvalue weighted by molar-refractivity contribution is 0.235. The molecule has 128 valence electrons. The Labute approximate surface area is 142 Å². The van der Waals surface area contributed by atoms with Crippen LogP contribution in [0, 0.1) is 11.8 Å². The lowest BCUT2D eigenvalue weighted by Gasteiger charge is -2.16. The molecule has 2 aliphatic rings. The first-order valence-electron chi connectivity index (χ1n) is 8.07. The molecule has 0 saturated heterocycles. The van der Waals surface area contributed by atoms with Gasteiger partial charge in [-0.05, 0) is 30.4 Å². The van der Waals surface area contributed by atoms with Gasteiger partial charge in [-0.25, -0.2) is 0 Å². The summed E-state index contributed by atoms with van der Waals surface area (Å²) in [6.45, 7) is 0.106. The molecule has 1 N–H and O–H groups in total. The van der Waals surface area contributed by atoms with Crippen LogP contribution < -0.4 is 0 Å². The predicted molar refractivity (Wildman–Crippen MR) is 92.5 cm³/mol. The molecule has 2 unspecified atom stereocenters. The molecule has 23 heavy (non-hydrogen) atoms. The first kappa shape index (κ1) is 16.9. The van der Waals surface area contributed by atoms with Crippen LogP contribution in [-0.4, -0.2) is 45.5 Å². The fourth-order valence-electron chi connectivity index (χ4n) is 3.79. The van der Waals surface area contributed by atoms with E-state index in [2.05, 4.69) is 4.40 Å². The average molecular weight is 357 g/mol. The second kappa shape index (κ2) is 6.18. The van der Waals surface area contributed by atoms with Gasteiger partial charge in [-0.2, -0.15) is 8.42 Å². The lowest BCUT2D eigenvalue weighted by Crippen LogP contribution is -2.17. The highest BCUT2D eigenvalue weighted by Gasteiger charge is 2.58. The van der Waals surface area contributed by atoms with E-state index >= 15 is 0 Å². The van der Waals surface area contributed by atoms with Gasteiger partial charge in [-0.15, -0.1) is 15.7 Å². The van der Waals surface area contributed by atoms with Gasteiger partial charge >= 0.3 is 0 Å². The van der Waals surface area contributed by atoms with Crippen LogP contribution in [0.4, 0.5) is 0 Å². The maximum atomic E-state index is 12.2. The van der Waals surface area contributed by atoms with Gasteiger partial charge in [0, 0.05) is 24.4 Å². The Morgan fingerprint density at radius 2 is 2.09 bits per heavy atom. The molecule has 0 radical (unpaired) electrons. The van der Waals surface area contributed by atoms with E-state index in [0.717, 1.165) is 11.3 Å². The van der Waals surface area contributed by atoms with Gasteiger partial charge < -0.3 is 10.0 Å². The topological polar surface area (TPSA) is 70.0 Å². The van der Waals surface area contributed by atoms with Crippen LogP contribution >= 0.6 is 11.3 Å². The summed E-state index contributed by atoms with van der Waals surface area (Å²) in [7, 11) is -0.183. The molecule has 7 heteroatoms. The summed E-state index contributed by atoms with van der Waals surface area (Å²) in [6, 6.07) is 3.50. The van der Waals surface area contributed by atoms with Gasteiger partial charge in [0.15, 0.2) is 0 Å². The smallest absolute Gasteiger partial charge is 0.293 e. The van der Waals surface area contributed by atoms with Crippen LogP contribution in [-0.2, 0) is 15.4 Å². The average Bonchev–Trinajstić information content (AvgIpc) is 2.92. The number of aliphatic hydroxyl groups excluding tert-OH is 1. The minimum atomic E-state index is -3.65. The maximum Gasteiger partial charge on any atom is 0.293 e. The van der Waals surface area contributed by atoms with E-state index in [9.17, 15) is 13.5 Å². The Balaban J connectivity index is 1.81. The molecule has 5 nitrogen and oxygen atoms in total. The van der Waals surface area contributed by atoms with Crippen molar-refractivity contribution in [1.82, 2.24) is 4.90 Å². The number of sulfonamides is 1. The van der Waals surface area contributed by atoms with Crippen molar-refractivity contribution in [1.29, 1.82) is 0 Å².